The van der Waals surface area contributed by atoms with E-state index in [1.807, 2.05) is 48.5 Å². The number of benzene rings is 3. The van der Waals surface area contributed by atoms with Crippen molar-refractivity contribution in [3.05, 3.63) is 66.7 Å². The zero-order chi connectivity index (χ0) is 20.5. The van der Waals surface area contributed by atoms with Gasteiger partial charge in [-0.15, -0.1) is 0 Å². The summed E-state index contributed by atoms with van der Waals surface area (Å²) in [6.07, 6.45) is 0.0760. The lowest BCUT2D eigenvalue weighted by molar-refractivity contribution is -0.136. The molecular formula is C24H19NO5. The summed E-state index contributed by atoms with van der Waals surface area (Å²) in [5.41, 5.74) is 2.25. The Balaban J connectivity index is 1.25. The molecule has 0 radical (unpaired) electrons. The molecule has 0 N–H and O–H groups in total. The third-order valence-corrected chi connectivity index (χ3v) is 5.15. The smallest absolute Gasteiger partial charge is 0.311 e. The predicted molar refractivity (Wildman–Crippen MR) is 113 cm³/mol. The van der Waals surface area contributed by atoms with Gasteiger partial charge < -0.3 is 18.8 Å². The number of carbonyl (C=O) groups excluding carboxylic acids is 2. The van der Waals surface area contributed by atoms with Crippen LogP contribution in [0, 0.1) is 0 Å². The lowest BCUT2D eigenvalue weighted by atomic mass is 10.1. The van der Waals surface area contributed by atoms with Gasteiger partial charge in [0.2, 0.25) is 5.91 Å². The summed E-state index contributed by atoms with van der Waals surface area (Å²) in [6.45, 7) is 0.904. The fourth-order valence-corrected chi connectivity index (χ4v) is 3.72. The molecule has 2 heterocycles. The summed E-state index contributed by atoms with van der Waals surface area (Å²) >= 11 is 0. The van der Waals surface area contributed by atoms with Crippen molar-refractivity contribution in [3.8, 4) is 11.5 Å². The number of para-hydroxylation sites is 3. The molecule has 0 saturated carbocycles. The molecule has 30 heavy (non-hydrogen) atoms. The van der Waals surface area contributed by atoms with Crippen LogP contribution in [0.2, 0.25) is 0 Å². The van der Waals surface area contributed by atoms with Crippen LogP contribution in [0.3, 0.4) is 0 Å². The minimum Gasteiger partial charge on any atom is -0.490 e. The number of hydrogen-bond donors (Lipinski definition) is 0. The van der Waals surface area contributed by atoms with E-state index in [4.69, 9.17) is 13.9 Å². The minimum atomic E-state index is -0.447. The normalized spacial score (nSPS) is 13.1. The minimum absolute atomic E-state index is 0.00251. The number of amides is 1. The molecule has 1 amide bonds. The van der Waals surface area contributed by atoms with E-state index in [0.29, 0.717) is 24.7 Å². The summed E-state index contributed by atoms with van der Waals surface area (Å²) in [6, 6.07) is 20.4. The molecule has 0 spiro atoms. The summed E-state index contributed by atoms with van der Waals surface area (Å²) < 4.78 is 16.8. The third kappa shape index (κ3) is 3.37. The molecular weight excluding hydrogens is 382 g/mol. The SMILES string of the molecule is O=C(CCC(=O)N1CCOc2ccccc21)Oc1ccc2oc3ccccc3c2c1. The van der Waals surface area contributed by atoms with Gasteiger partial charge in [-0.05, 0) is 36.4 Å². The zero-order valence-corrected chi connectivity index (χ0v) is 16.2. The van der Waals surface area contributed by atoms with Crippen LogP contribution in [0.15, 0.2) is 71.1 Å². The highest BCUT2D eigenvalue weighted by Crippen LogP contribution is 2.32. The maximum atomic E-state index is 12.7. The molecule has 0 atom stereocenters. The van der Waals surface area contributed by atoms with E-state index in [1.54, 1.807) is 23.1 Å². The fraction of sp³-hybridized carbons (Fsp3) is 0.167. The molecule has 1 aromatic heterocycles. The van der Waals surface area contributed by atoms with Crippen molar-refractivity contribution in [2.45, 2.75) is 12.8 Å². The van der Waals surface area contributed by atoms with E-state index in [9.17, 15) is 9.59 Å². The van der Waals surface area contributed by atoms with Crippen LogP contribution < -0.4 is 14.4 Å². The van der Waals surface area contributed by atoms with Crippen LogP contribution in [0.5, 0.6) is 11.5 Å². The van der Waals surface area contributed by atoms with E-state index in [-0.39, 0.29) is 18.7 Å². The van der Waals surface area contributed by atoms with E-state index in [1.165, 1.54) is 0 Å². The van der Waals surface area contributed by atoms with Crippen LogP contribution in [-0.2, 0) is 9.59 Å². The van der Waals surface area contributed by atoms with Crippen LogP contribution in [-0.4, -0.2) is 25.0 Å². The van der Waals surface area contributed by atoms with Crippen LogP contribution in [0.1, 0.15) is 12.8 Å². The van der Waals surface area contributed by atoms with Gasteiger partial charge in [-0.3, -0.25) is 9.59 Å². The first-order valence-corrected chi connectivity index (χ1v) is 9.83. The lowest BCUT2D eigenvalue weighted by Gasteiger charge is -2.29. The largest absolute Gasteiger partial charge is 0.490 e. The number of carbonyl (C=O) groups is 2. The summed E-state index contributed by atoms with van der Waals surface area (Å²) in [5, 5.41) is 1.85. The average Bonchev–Trinajstić information content (AvgIpc) is 3.15. The Morgan fingerprint density at radius 2 is 1.70 bits per heavy atom. The van der Waals surface area contributed by atoms with Crippen LogP contribution >= 0.6 is 0 Å². The fourth-order valence-electron chi connectivity index (χ4n) is 3.72. The molecule has 0 fully saturated rings. The van der Waals surface area contributed by atoms with Gasteiger partial charge in [0.05, 0.1) is 18.7 Å². The van der Waals surface area contributed by atoms with Gasteiger partial charge in [-0.2, -0.15) is 0 Å². The Hall–Kier alpha value is -3.80. The first-order chi connectivity index (χ1) is 14.7. The van der Waals surface area contributed by atoms with Crippen molar-refractivity contribution in [3.63, 3.8) is 0 Å². The molecule has 6 heteroatoms. The summed E-state index contributed by atoms with van der Waals surface area (Å²) in [7, 11) is 0. The molecule has 4 aromatic rings. The van der Waals surface area contributed by atoms with Gasteiger partial charge in [-0.25, -0.2) is 0 Å². The summed E-state index contributed by atoms with van der Waals surface area (Å²) in [5.74, 6) is 0.541. The standard InChI is InChI=1S/C24H19NO5/c26-23(25-13-14-28-22-8-4-2-6-19(22)25)11-12-24(27)29-16-9-10-21-18(15-16)17-5-1-3-7-20(17)30-21/h1-10,15H,11-14H2. The monoisotopic (exact) mass is 401 g/mol. The van der Waals surface area contributed by atoms with Crippen LogP contribution in [0.25, 0.3) is 21.9 Å². The molecule has 0 bridgehead atoms. The number of esters is 1. The molecule has 5 rings (SSSR count). The van der Waals surface area contributed by atoms with Crippen molar-refractivity contribution in [2.24, 2.45) is 0 Å². The molecule has 3 aromatic carbocycles. The molecule has 0 saturated heterocycles. The van der Waals surface area contributed by atoms with Gasteiger partial charge in [-0.1, -0.05) is 30.3 Å². The third-order valence-electron chi connectivity index (χ3n) is 5.15. The summed E-state index contributed by atoms with van der Waals surface area (Å²) in [4.78, 5) is 26.7. The molecule has 1 aliphatic heterocycles. The van der Waals surface area contributed by atoms with Gasteiger partial charge in [0.25, 0.3) is 0 Å². The predicted octanol–water partition coefficient (Wildman–Crippen LogP) is 4.70. The van der Waals surface area contributed by atoms with E-state index in [0.717, 1.165) is 27.6 Å². The number of fused-ring (bicyclic) bond motifs is 4. The molecule has 1 aliphatic rings. The van der Waals surface area contributed by atoms with Gasteiger partial charge in [0.1, 0.15) is 29.3 Å². The van der Waals surface area contributed by atoms with Crippen LogP contribution in [0.4, 0.5) is 5.69 Å². The number of rotatable bonds is 4. The average molecular weight is 401 g/mol. The topological polar surface area (TPSA) is 69.0 Å². The highest BCUT2D eigenvalue weighted by Gasteiger charge is 2.23. The second-order valence-corrected chi connectivity index (χ2v) is 7.09. The Kier molecular flexibility index (Phi) is 4.59. The van der Waals surface area contributed by atoms with E-state index < -0.39 is 5.97 Å². The number of anilines is 1. The number of ether oxygens (including phenoxy) is 2. The quantitative estimate of drug-likeness (QED) is 0.366. The van der Waals surface area contributed by atoms with Gasteiger partial charge in [0.15, 0.2) is 0 Å². The van der Waals surface area contributed by atoms with E-state index >= 15 is 0 Å². The Bertz CT molecular complexity index is 1260. The van der Waals surface area contributed by atoms with Crippen molar-refractivity contribution in [1.29, 1.82) is 0 Å². The Morgan fingerprint density at radius 1 is 0.900 bits per heavy atom. The Morgan fingerprint density at radius 3 is 2.63 bits per heavy atom. The van der Waals surface area contributed by atoms with Crippen molar-refractivity contribution < 1.29 is 23.5 Å². The number of nitrogens with zero attached hydrogens (tertiary/aromatic N) is 1. The molecule has 0 unspecified atom stereocenters. The maximum Gasteiger partial charge on any atom is 0.311 e. The second kappa shape index (κ2) is 7.55. The first-order valence-electron chi connectivity index (χ1n) is 9.83. The molecule has 0 aliphatic carbocycles. The number of hydrogen-bond acceptors (Lipinski definition) is 5. The van der Waals surface area contributed by atoms with Gasteiger partial charge >= 0.3 is 5.97 Å². The zero-order valence-electron chi connectivity index (χ0n) is 16.2. The lowest BCUT2D eigenvalue weighted by Crippen LogP contribution is -2.38. The van der Waals surface area contributed by atoms with Crippen molar-refractivity contribution >= 4 is 39.5 Å². The maximum absolute atomic E-state index is 12.7. The van der Waals surface area contributed by atoms with E-state index in [2.05, 4.69) is 0 Å². The molecule has 6 nitrogen and oxygen atoms in total. The van der Waals surface area contributed by atoms with Crippen molar-refractivity contribution in [1.82, 2.24) is 0 Å². The highest BCUT2D eigenvalue weighted by molar-refractivity contribution is 6.05. The second-order valence-electron chi connectivity index (χ2n) is 7.09. The first kappa shape index (κ1) is 18.2. The number of furan rings is 1. The Labute approximate surface area is 172 Å². The van der Waals surface area contributed by atoms with Gasteiger partial charge in [0, 0.05) is 17.2 Å². The van der Waals surface area contributed by atoms with Crippen molar-refractivity contribution in [2.75, 3.05) is 18.1 Å². The molecule has 150 valence electrons. The highest BCUT2D eigenvalue weighted by atomic mass is 16.5.